The Kier molecular flexibility index (Phi) is 2.61. The molecule has 18 heavy (non-hydrogen) atoms. The molecule has 0 bridgehead atoms. The monoisotopic (exact) mass is 256 g/mol. The summed E-state index contributed by atoms with van der Waals surface area (Å²) in [5.41, 5.74) is -0.420. The fourth-order valence-corrected chi connectivity index (χ4v) is 2.22. The summed E-state index contributed by atoms with van der Waals surface area (Å²) >= 11 is 0. The number of carboxylic acid groups (broad SMARTS) is 1. The summed E-state index contributed by atoms with van der Waals surface area (Å²) in [7, 11) is 1.35. The third-order valence-corrected chi connectivity index (χ3v) is 3.63. The highest BCUT2D eigenvalue weighted by Gasteiger charge is 2.78. The zero-order chi connectivity index (χ0) is 13.7. The second-order valence-electron chi connectivity index (χ2n) is 4.73. The Morgan fingerprint density at radius 2 is 1.83 bits per heavy atom. The predicted octanol–water partition coefficient (Wildman–Crippen LogP) is 2.67. The van der Waals surface area contributed by atoms with Gasteiger partial charge in [-0.15, -0.1) is 0 Å². The lowest BCUT2D eigenvalue weighted by atomic mass is 9.91. The summed E-state index contributed by atoms with van der Waals surface area (Å²) in [6.45, 7) is 3.58. The summed E-state index contributed by atoms with van der Waals surface area (Å²) < 4.78 is 32.1. The van der Waals surface area contributed by atoms with E-state index in [9.17, 15) is 13.6 Å². The van der Waals surface area contributed by atoms with E-state index >= 15 is 0 Å². The lowest BCUT2D eigenvalue weighted by Gasteiger charge is -2.17. The van der Waals surface area contributed by atoms with Crippen molar-refractivity contribution in [2.45, 2.75) is 31.6 Å². The maximum absolute atomic E-state index is 13.5. The van der Waals surface area contributed by atoms with Gasteiger partial charge in [0.2, 0.25) is 0 Å². The van der Waals surface area contributed by atoms with Gasteiger partial charge in [-0.3, -0.25) is 4.79 Å². The second kappa shape index (κ2) is 3.67. The predicted molar refractivity (Wildman–Crippen MR) is 61.3 cm³/mol. The molecule has 0 saturated heterocycles. The van der Waals surface area contributed by atoms with E-state index in [0.29, 0.717) is 0 Å². The molecular formula is C13H14F2O3. The molecule has 0 radical (unpaired) electrons. The quantitative estimate of drug-likeness (QED) is 0.904. The first-order valence-corrected chi connectivity index (χ1v) is 5.53. The van der Waals surface area contributed by atoms with Crippen molar-refractivity contribution in [3.63, 3.8) is 0 Å². The third kappa shape index (κ3) is 1.50. The van der Waals surface area contributed by atoms with Crippen LogP contribution in [0.25, 0.3) is 0 Å². The van der Waals surface area contributed by atoms with Crippen LogP contribution in [0.15, 0.2) is 12.1 Å². The van der Waals surface area contributed by atoms with E-state index in [-0.39, 0.29) is 11.3 Å². The number of alkyl halides is 2. The van der Waals surface area contributed by atoms with Gasteiger partial charge in [-0.1, -0.05) is 6.07 Å². The number of hydrogen-bond donors (Lipinski definition) is 1. The molecule has 1 saturated carbocycles. The van der Waals surface area contributed by atoms with Crippen LogP contribution in [0.5, 0.6) is 5.75 Å². The molecule has 2 rings (SSSR count). The number of benzene rings is 1. The van der Waals surface area contributed by atoms with E-state index in [0.717, 1.165) is 11.1 Å². The zero-order valence-electron chi connectivity index (χ0n) is 10.4. The average molecular weight is 256 g/mol. The zero-order valence-corrected chi connectivity index (χ0v) is 10.4. The van der Waals surface area contributed by atoms with Crippen molar-refractivity contribution in [1.82, 2.24) is 0 Å². The molecule has 3 nitrogen and oxygen atoms in total. The number of carbonyl (C=O) groups is 1. The highest BCUT2D eigenvalue weighted by Crippen LogP contribution is 2.63. The van der Waals surface area contributed by atoms with Crippen LogP contribution in [0, 0.1) is 13.8 Å². The van der Waals surface area contributed by atoms with Crippen molar-refractivity contribution in [3.8, 4) is 5.75 Å². The van der Waals surface area contributed by atoms with E-state index in [1.165, 1.54) is 13.2 Å². The molecule has 1 aliphatic carbocycles. The van der Waals surface area contributed by atoms with Crippen molar-refractivity contribution < 1.29 is 23.4 Å². The SMILES string of the molecule is COc1cc(C)c(C)cc1C1(C(=O)O)CC1(F)F. The number of rotatable bonds is 3. The van der Waals surface area contributed by atoms with Gasteiger partial charge in [-0.2, -0.15) is 0 Å². The van der Waals surface area contributed by atoms with Crippen LogP contribution in [-0.4, -0.2) is 24.1 Å². The third-order valence-electron chi connectivity index (χ3n) is 3.63. The molecule has 1 aromatic carbocycles. The van der Waals surface area contributed by atoms with Crippen LogP contribution < -0.4 is 4.74 Å². The number of aliphatic carboxylic acids is 1. The lowest BCUT2D eigenvalue weighted by Crippen LogP contribution is -2.27. The Balaban J connectivity index is 2.64. The van der Waals surface area contributed by atoms with Gasteiger partial charge in [-0.25, -0.2) is 8.78 Å². The smallest absolute Gasteiger partial charge is 0.320 e. The minimum absolute atomic E-state index is 0.0607. The molecule has 1 atom stereocenters. The standard InChI is InChI=1S/C13H14F2O3/c1-7-4-9(10(18-3)5-8(7)2)12(11(16)17)6-13(12,14)15/h4-5H,6H2,1-3H3,(H,16,17). The summed E-state index contributed by atoms with van der Waals surface area (Å²) in [4.78, 5) is 11.2. The van der Waals surface area contributed by atoms with Crippen molar-refractivity contribution in [2.24, 2.45) is 0 Å². The molecule has 1 fully saturated rings. The van der Waals surface area contributed by atoms with Crippen molar-refractivity contribution >= 4 is 5.97 Å². The molecule has 5 heteroatoms. The van der Waals surface area contributed by atoms with Gasteiger partial charge in [0.25, 0.3) is 5.92 Å². The molecule has 1 aliphatic rings. The summed E-state index contributed by atoms with van der Waals surface area (Å²) in [5, 5.41) is 9.14. The maximum Gasteiger partial charge on any atom is 0.320 e. The Morgan fingerprint density at radius 3 is 2.22 bits per heavy atom. The molecule has 0 heterocycles. The molecule has 1 unspecified atom stereocenters. The molecule has 1 aromatic rings. The number of ether oxygens (including phenoxy) is 1. The first-order valence-electron chi connectivity index (χ1n) is 5.53. The van der Waals surface area contributed by atoms with Crippen LogP contribution in [0.2, 0.25) is 0 Å². The van der Waals surface area contributed by atoms with Crippen molar-refractivity contribution in [2.75, 3.05) is 7.11 Å². The van der Waals surface area contributed by atoms with Crippen LogP contribution in [-0.2, 0) is 10.2 Å². The summed E-state index contributed by atoms with van der Waals surface area (Å²) in [5.74, 6) is -4.51. The maximum atomic E-state index is 13.5. The van der Waals surface area contributed by atoms with Crippen LogP contribution in [0.4, 0.5) is 8.78 Å². The largest absolute Gasteiger partial charge is 0.496 e. The Morgan fingerprint density at radius 1 is 1.33 bits per heavy atom. The minimum Gasteiger partial charge on any atom is -0.496 e. The van der Waals surface area contributed by atoms with Gasteiger partial charge in [0, 0.05) is 12.0 Å². The van der Waals surface area contributed by atoms with E-state index in [2.05, 4.69) is 0 Å². The summed E-state index contributed by atoms with van der Waals surface area (Å²) in [6.07, 6.45) is -0.672. The molecule has 1 N–H and O–H groups in total. The minimum atomic E-state index is -3.21. The number of aryl methyl sites for hydroxylation is 2. The topological polar surface area (TPSA) is 46.5 Å². The van der Waals surface area contributed by atoms with E-state index in [1.54, 1.807) is 13.0 Å². The van der Waals surface area contributed by atoms with Crippen LogP contribution in [0.1, 0.15) is 23.1 Å². The Bertz CT molecular complexity index is 525. The highest BCUT2D eigenvalue weighted by atomic mass is 19.3. The molecule has 0 amide bonds. The fourth-order valence-electron chi connectivity index (χ4n) is 2.22. The van der Waals surface area contributed by atoms with E-state index in [1.807, 2.05) is 6.92 Å². The van der Waals surface area contributed by atoms with Crippen molar-refractivity contribution in [1.29, 1.82) is 0 Å². The van der Waals surface area contributed by atoms with Gasteiger partial charge < -0.3 is 9.84 Å². The fraction of sp³-hybridized carbons (Fsp3) is 0.462. The van der Waals surface area contributed by atoms with Crippen molar-refractivity contribution in [3.05, 3.63) is 28.8 Å². The van der Waals surface area contributed by atoms with E-state index < -0.39 is 23.7 Å². The first-order chi connectivity index (χ1) is 8.26. The number of methoxy groups -OCH3 is 1. The summed E-state index contributed by atoms with van der Waals surface area (Å²) in [6, 6.07) is 3.09. The van der Waals surface area contributed by atoms with Gasteiger partial charge in [0.05, 0.1) is 7.11 Å². The van der Waals surface area contributed by atoms with Gasteiger partial charge in [0.15, 0.2) is 5.41 Å². The van der Waals surface area contributed by atoms with Gasteiger partial charge in [0.1, 0.15) is 5.75 Å². The molecule has 0 aliphatic heterocycles. The molecule has 0 spiro atoms. The average Bonchev–Trinajstić information content (AvgIpc) is 2.86. The Hall–Kier alpha value is -1.65. The normalized spacial score (nSPS) is 24.7. The number of halogens is 2. The molecule has 98 valence electrons. The van der Waals surface area contributed by atoms with Crippen LogP contribution >= 0.6 is 0 Å². The second-order valence-corrected chi connectivity index (χ2v) is 4.73. The van der Waals surface area contributed by atoms with Gasteiger partial charge >= 0.3 is 5.97 Å². The van der Waals surface area contributed by atoms with Gasteiger partial charge in [-0.05, 0) is 31.0 Å². The number of carboxylic acids is 1. The lowest BCUT2D eigenvalue weighted by molar-refractivity contribution is -0.143. The van der Waals surface area contributed by atoms with E-state index in [4.69, 9.17) is 9.84 Å². The number of hydrogen-bond acceptors (Lipinski definition) is 2. The molecule has 0 aromatic heterocycles. The van der Waals surface area contributed by atoms with Crippen LogP contribution in [0.3, 0.4) is 0 Å². The molecular weight excluding hydrogens is 242 g/mol. The Labute approximate surface area is 103 Å². The highest BCUT2D eigenvalue weighted by molar-refractivity contribution is 5.89. The first kappa shape index (κ1) is 12.8.